The maximum Gasteiger partial charge on any atom is 0.159 e. The Kier molecular flexibility index (Phi) is 4.94. The monoisotopic (exact) mass is 434 g/mol. The van der Waals surface area contributed by atoms with Gasteiger partial charge in [-0.1, -0.05) is 11.6 Å². The summed E-state index contributed by atoms with van der Waals surface area (Å²) in [6.07, 6.45) is 7.61. The number of aromatic nitrogens is 7. The number of hydrogen-bond acceptors (Lipinski definition) is 6. The molecule has 31 heavy (non-hydrogen) atoms. The molecular formula is C22H23ClN8. The average molecular weight is 435 g/mol. The Morgan fingerprint density at radius 1 is 1.10 bits per heavy atom. The van der Waals surface area contributed by atoms with Crippen molar-refractivity contribution >= 4 is 23.2 Å². The maximum absolute atomic E-state index is 6.32. The highest BCUT2D eigenvalue weighted by Crippen LogP contribution is 2.35. The number of nitrogens with one attached hydrogen (secondary N) is 1. The molecule has 0 amide bonds. The fourth-order valence-corrected chi connectivity index (χ4v) is 3.79. The molecule has 0 radical (unpaired) electrons. The molecule has 0 spiro atoms. The van der Waals surface area contributed by atoms with Gasteiger partial charge in [0.2, 0.25) is 0 Å². The van der Waals surface area contributed by atoms with Gasteiger partial charge in [0.1, 0.15) is 18.0 Å². The predicted octanol–water partition coefficient (Wildman–Crippen LogP) is 4.65. The van der Waals surface area contributed by atoms with Crippen LogP contribution >= 0.6 is 11.6 Å². The number of aryl methyl sites for hydroxylation is 1. The zero-order valence-corrected chi connectivity index (χ0v) is 18.4. The topological polar surface area (TPSA) is 86.3 Å². The molecule has 0 atom stereocenters. The Morgan fingerprint density at radius 2 is 1.87 bits per heavy atom. The van der Waals surface area contributed by atoms with Crippen molar-refractivity contribution in [2.24, 2.45) is 5.92 Å². The van der Waals surface area contributed by atoms with Gasteiger partial charge >= 0.3 is 0 Å². The van der Waals surface area contributed by atoms with E-state index in [1.807, 2.05) is 32.0 Å². The van der Waals surface area contributed by atoms with Crippen LogP contribution in [0.25, 0.3) is 17.1 Å². The molecule has 4 heterocycles. The largest absolute Gasteiger partial charge is 0.325 e. The predicted molar refractivity (Wildman–Crippen MR) is 120 cm³/mol. The molecule has 1 saturated carbocycles. The Balaban J connectivity index is 1.52. The van der Waals surface area contributed by atoms with E-state index in [1.54, 1.807) is 17.1 Å². The summed E-state index contributed by atoms with van der Waals surface area (Å²) in [7, 11) is 0. The molecule has 1 fully saturated rings. The van der Waals surface area contributed by atoms with Crippen LogP contribution in [0.15, 0.2) is 36.9 Å². The molecule has 1 aliphatic rings. The Morgan fingerprint density at radius 3 is 2.55 bits per heavy atom. The fraction of sp³-hybridized carbons (Fsp3) is 0.318. The maximum atomic E-state index is 6.32. The van der Waals surface area contributed by atoms with Gasteiger partial charge in [0.15, 0.2) is 5.82 Å². The molecule has 0 bridgehead atoms. The molecule has 1 N–H and O–H groups in total. The normalized spacial score (nSPS) is 13.5. The van der Waals surface area contributed by atoms with Crippen LogP contribution in [0.4, 0.5) is 11.6 Å². The lowest BCUT2D eigenvalue weighted by Gasteiger charge is -2.11. The standard InChI is InChI=1S/C22H23ClN8/c1-13-21(17-6-8-24-9-7-17)29-30(11-16-4-5-16)22(13)27-18-10-19(26-12-25-18)31-15(3)20(23)14(2)28-31/h6-10,12,16H,4-5,11H2,1-3H3,(H,25,26,27). The van der Waals surface area contributed by atoms with Crippen LogP contribution in [0.2, 0.25) is 5.02 Å². The van der Waals surface area contributed by atoms with E-state index in [4.69, 9.17) is 16.7 Å². The first-order valence-corrected chi connectivity index (χ1v) is 10.7. The van der Waals surface area contributed by atoms with Crippen molar-refractivity contribution in [2.75, 3.05) is 5.32 Å². The summed E-state index contributed by atoms with van der Waals surface area (Å²) in [4.78, 5) is 12.9. The van der Waals surface area contributed by atoms with Crippen molar-refractivity contribution in [1.82, 2.24) is 34.5 Å². The van der Waals surface area contributed by atoms with Gasteiger partial charge in [-0.2, -0.15) is 10.2 Å². The summed E-state index contributed by atoms with van der Waals surface area (Å²) in [6.45, 7) is 6.77. The Bertz CT molecular complexity index is 1240. The quantitative estimate of drug-likeness (QED) is 0.475. The summed E-state index contributed by atoms with van der Waals surface area (Å²) in [5.74, 6) is 2.96. The molecule has 0 aliphatic heterocycles. The van der Waals surface area contributed by atoms with E-state index in [9.17, 15) is 0 Å². The third-order valence-electron chi connectivity index (χ3n) is 5.59. The van der Waals surface area contributed by atoms with Gasteiger partial charge < -0.3 is 5.32 Å². The van der Waals surface area contributed by atoms with Gasteiger partial charge in [-0.05, 0) is 51.7 Å². The number of halogens is 1. The van der Waals surface area contributed by atoms with Gasteiger partial charge in [-0.25, -0.2) is 19.3 Å². The summed E-state index contributed by atoms with van der Waals surface area (Å²) < 4.78 is 3.80. The Labute approximate surface area is 185 Å². The molecule has 0 aromatic carbocycles. The molecule has 8 nitrogen and oxygen atoms in total. The highest BCUT2D eigenvalue weighted by Gasteiger charge is 2.25. The number of rotatable bonds is 6. The number of nitrogens with zero attached hydrogens (tertiary/aromatic N) is 7. The second-order valence-electron chi connectivity index (χ2n) is 7.97. The fourth-order valence-electron chi connectivity index (χ4n) is 3.67. The zero-order chi connectivity index (χ0) is 21.5. The Hall–Kier alpha value is -3.26. The van der Waals surface area contributed by atoms with Gasteiger partial charge in [0.25, 0.3) is 0 Å². The first-order chi connectivity index (χ1) is 15.0. The lowest BCUT2D eigenvalue weighted by Crippen LogP contribution is -2.09. The number of pyridine rings is 1. The first-order valence-electron chi connectivity index (χ1n) is 10.3. The third-order valence-corrected chi connectivity index (χ3v) is 6.14. The SMILES string of the molecule is Cc1nn(-c2cc(Nc3c(C)c(-c4ccncc4)nn3CC3CC3)ncn2)c(C)c1Cl. The first kappa shape index (κ1) is 19.7. The van der Waals surface area contributed by atoms with E-state index in [-0.39, 0.29) is 0 Å². The number of hydrogen-bond donors (Lipinski definition) is 1. The second-order valence-corrected chi connectivity index (χ2v) is 8.34. The minimum Gasteiger partial charge on any atom is -0.325 e. The van der Waals surface area contributed by atoms with Gasteiger partial charge in [0.05, 0.1) is 22.1 Å². The highest BCUT2D eigenvalue weighted by molar-refractivity contribution is 6.31. The lowest BCUT2D eigenvalue weighted by atomic mass is 10.1. The average Bonchev–Trinajstić information content (AvgIpc) is 3.51. The van der Waals surface area contributed by atoms with Crippen LogP contribution < -0.4 is 5.32 Å². The smallest absolute Gasteiger partial charge is 0.159 e. The van der Waals surface area contributed by atoms with Gasteiger partial charge in [0, 0.05) is 36.1 Å². The zero-order valence-electron chi connectivity index (χ0n) is 17.7. The van der Waals surface area contributed by atoms with Crippen LogP contribution in [0, 0.1) is 26.7 Å². The highest BCUT2D eigenvalue weighted by atomic mass is 35.5. The van der Waals surface area contributed by atoms with Crippen LogP contribution in [-0.2, 0) is 6.54 Å². The third kappa shape index (κ3) is 3.79. The molecule has 1 aliphatic carbocycles. The van der Waals surface area contributed by atoms with Gasteiger partial charge in [-0.15, -0.1) is 0 Å². The summed E-state index contributed by atoms with van der Waals surface area (Å²) in [5.41, 5.74) is 4.68. The van der Waals surface area contributed by atoms with Crippen molar-refractivity contribution in [1.29, 1.82) is 0 Å². The van der Waals surface area contributed by atoms with E-state index in [2.05, 4.69) is 37.0 Å². The molecule has 4 aromatic rings. The molecule has 5 rings (SSSR count). The van der Waals surface area contributed by atoms with E-state index in [0.717, 1.165) is 40.6 Å². The summed E-state index contributed by atoms with van der Waals surface area (Å²) >= 11 is 6.32. The van der Waals surface area contributed by atoms with E-state index in [0.29, 0.717) is 22.6 Å². The van der Waals surface area contributed by atoms with E-state index >= 15 is 0 Å². The van der Waals surface area contributed by atoms with Crippen molar-refractivity contribution < 1.29 is 0 Å². The molecular weight excluding hydrogens is 412 g/mol. The number of anilines is 2. The second kappa shape index (κ2) is 7.77. The van der Waals surface area contributed by atoms with Crippen LogP contribution in [0.3, 0.4) is 0 Å². The van der Waals surface area contributed by atoms with Gasteiger partial charge in [-0.3, -0.25) is 4.98 Å². The minimum atomic E-state index is 0.647. The lowest BCUT2D eigenvalue weighted by molar-refractivity contribution is 0.571. The van der Waals surface area contributed by atoms with Crippen molar-refractivity contribution in [2.45, 2.75) is 40.2 Å². The van der Waals surface area contributed by atoms with Crippen LogP contribution in [-0.4, -0.2) is 34.5 Å². The molecule has 4 aromatic heterocycles. The summed E-state index contributed by atoms with van der Waals surface area (Å²) in [5, 5.41) is 13.5. The van der Waals surface area contributed by atoms with Crippen molar-refractivity contribution in [3.63, 3.8) is 0 Å². The van der Waals surface area contributed by atoms with Crippen LogP contribution in [0.5, 0.6) is 0 Å². The van der Waals surface area contributed by atoms with Crippen LogP contribution in [0.1, 0.15) is 29.8 Å². The molecule has 0 saturated heterocycles. The van der Waals surface area contributed by atoms with Crippen molar-refractivity contribution in [3.05, 3.63) is 58.9 Å². The summed E-state index contributed by atoms with van der Waals surface area (Å²) in [6, 6.07) is 5.83. The van der Waals surface area contributed by atoms with E-state index < -0.39 is 0 Å². The molecule has 0 unspecified atom stereocenters. The minimum absolute atomic E-state index is 0.647. The van der Waals surface area contributed by atoms with E-state index in [1.165, 1.54) is 19.2 Å². The van der Waals surface area contributed by atoms with Crippen molar-refractivity contribution in [3.8, 4) is 17.1 Å². The molecule has 158 valence electrons. The molecule has 9 heteroatoms.